The molecule has 1 aliphatic rings. The molecule has 0 aliphatic carbocycles. The molecule has 2 heterocycles. The average Bonchev–Trinajstić information content (AvgIpc) is 2.68. The normalized spacial score (nSPS) is 19.4. The van der Waals surface area contributed by atoms with Gasteiger partial charge in [0.25, 0.3) is 0 Å². The van der Waals surface area contributed by atoms with Crippen LogP contribution in [-0.2, 0) is 9.31 Å². The summed E-state index contributed by atoms with van der Waals surface area (Å²) in [6, 6.07) is 9.76. The van der Waals surface area contributed by atoms with Crippen molar-refractivity contribution in [1.82, 2.24) is 4.98 Å². The molecule has 2 aromatic rings. The van der Waals surface area contributed by atoms with Gasteiger partial charge in [0.1, 0.15) is 0 Å². The van der Waals surface area contributed by atoms with Gasteiger partial charge >= 0.3 is 7.12 Å². The van der Waals surface area contributed by atoms with Crippen molar-refractivity contribution in [3.05, 3.63) is 47.7 Å². The zero-order chi connectivity index (χ0) is 16.0. The molecule has 114 valence electrons. The first-order chi connectivity index (χ1) is 10.3. The highest BCUT2D eigenvalue weighted by molar-refractivity contribution is 6.62. The lowest BCUT2D eigenvalue weighted by molar-refractivity contribution is 0.00578. The molecule has 0 spiro atoms. The Morgan fingerprint density at radius 1 is 0.909 bits per heavy atom. The quantitative estimate of drug-likeness (QED) is 0.792. The Kier molecular flexibility index (Phi) is 3.80. The molecule has 0 unspecified atom stereocenters. The van der Waals surface area contributed by atoms with Crippen molar-refractivity contribution in [3.63, 3.8) is 0 Å². The zero-order valence-corrected chi connectivity index (χ0v) is 14.0. The van der Waals surface area contributed by atoms with E-state index in [1.54, 1.807) is 6.20 Å². The Labute approximate surface area is 136 Å². The molecule has 3 nitrogen and oxygen atoms in total. The van der Waals surface area contributed by atoms with E-state index in [9.17, 15) is 0 Å². The van der Waals surface area contributed by atoms with Gasteiger partial charge in [0.05, 0.1) is 11.2 Å². The maximum atomic E-state index is 6.08. The molecule has 0 N–H and O–H groups in total. The molecule has 0 radical (unpaired) electrons. The van der Waals surface area contributed by atoms with Crippen molar-refractivity contribution in [1.29, 1.82) is 0 Å². The minimum atomic E-state index is -0.398. The number of halogens is 1. The lowest BCUT2D eigenvalue weighted by Crippen LogP contribution is -2.41. The number of hydrogen-bond donors (Lipinski definition) is 0. The van der Waals surface area contributed by atoms with Crippen LogP contribution in [0.1, 0.15) is 27.7 Å². The number of nitrogens with zero attached hydrogens (tertiary/aromatic N) is 1. The summed E-state index contributed by atoms with van der Waals surface area (Å²) in [5.41, 5.74) is 2.30. The van der Waals surface area contributed by atoms with E-state index in [0.29, 0.717) is 0 Å². The maximum absolute atomic E-state index is 6.08. The van der Waals surface area contributed by atoms with Gasteiger partial charge in [-0.1, -0.05) is 29.8 Å². The van der Waals surface area contributed by atoms with Crippen LogP contribution in [0.15, 0.2) is 42.7 Å². The number of hydrogen-bond acceptors (Lipinski definition) is 3. The van der Waals surface area contributed by atoms with Gasteiger partial charge in [-0.25, -0.2) is 0 Å². The van der Waals surface area contributed by atoms with Gasteiger partial charge in [0.15, 0.2) is 0 Å². The van der Waals surface area contributed by atoms with E-state index in [1.165, 1.54) is 0 Å². The summed E-state index contributed by atoms with van der Waals surface area (Å²) < 4.78 is 12.2. The van der Waals surface area contributed by atoms with Crippen LogP contribution in [0.2, 0.25) is 5.02 Å². The molecule has 0 saturated carbocycles. The standard InChI is InChI=1S/C17H19BClNO2/c1-16(2)17(3,4)22-18(21-16)14-9-13(10-20-11-14)12-5-7-15(19)8-6-12/h5-11H,1-4H3. The van der Waals surface area contributed by atoms with Crippen LogP contribution in [0.25, 0.3) is 11.1 Å². The monoisotopic (exact) mass is 315 g/mol. The molecule has 1 saturated heterocycles. The lowest BCUT2D eigenvalue weighted by Gasteiger charge is -2.32. The summed E-state index contributed by atoms with van der Waals surface area (Å²) in [6.07, 6.45) is 3.62. The van der Waals surface area contributed by atoms with Crippen molar-refractivity contribution in [2.45, 2.75) is 38.9 Å². The molecular weight excluding hydrogens is 296 g/mol. The molecule has 1 aliphatic heterocycles. The van der Waals surface area contributed by atoms with Gasteiger partial charge in [-0.2, -0.15) is 0 Å². The van der Waals surface area contributed by atoms with Gasteiger partial charge in [-0.3, -0.25) is 4.98 Å². The zero-order valence-electron chi connectivity index (χ0n) is 13.3. The van der Waals surface area contributed by atoms with Gasteiger partial charge < -0.3 is 9.31 Å². The molecule has 1 fully saturated rings. The Balaban J connectivity index is 1.91. The largest absolute Gasteiger partial charge is 0.496 e. The summed E-state index contributed by atoms with van der Waals surface area (Å²) in [6.45, 7) is 8.18. The Morgan fingerprint density at radius 3 is 2.09 bits per heavy atom. The van der Waals surface area contributed by atoms with Crippen LogP contribution in [0.3, 0.4) is 0 Å². The number of benzene rings is 1. The van der Waals surface area contributed by atoms with Gasteiger partial charge in [0.2, 0.25) is 0 Å². The SMILES string of the molecule is CC1(C)OB(c2cncc(-c3ccc(Cl)cc3)c2)OC1(C)C. The first-order valence-corrected chi connectivity index (χ1v) is 7.73. The predicted molar refractivity (Wildman–Crippen MR) is 90.4 cm³/mol. The highest BCUT2D eigenvalue weighted by atomic mass is 35.5. The smallest absolute Gasteiger partial charge is 0.399 e. The third-order valence-corrected chi connectivity index (χ3v) is 4.71. The fourth-order valence-electron chi connectivity index (χ4n) is 2.37. The second-order valence-electron chi connectivity index (χ2n) is 6.60. The number of rotatable bonds is 2. The average molecular weight is 316 g/mol. The first-order valence-electron chi connectivity index (χ1n) is 7.35. The maximum Gasteiger partial charge on any atom is 0.496 e. The van der Waals surface area contributed by atoms with Crippen molar-refractivity contribution in [2.24, 2.45) is 0 Å². The number of pyridine rings is 1. The molecule has 0 amide bonds. The van der Waals surface area contributed by atoms with E-state index in [0.717, 1.165) is 21.6 Å². The highest BCUT2D eigenvalue weighted by Gasteiger charge is 2.51. The van der Waals surface area contributed by atoms with E-state index in [-0.39, 0.29) is 11.2 Å². The molecule has 0 bridgehead atoms. The number of aromatic nitrogens is 1. The van der Waals surface area contributed by atoms with E-state index < -0.39 is 7.12 Å². The second-order valence-corrected chi connectivity index (χ2v) is 7.04. The van der Waals surface area contributed by atoms with Crippen LogP contribution in [0, 0.1) is 0 Å². The summed E-state index contributed by atoms with van der Waals surface area (Å²) in [7, 11) is -0.398. The molecule has 1 aromatic heterocycles. The fraction of sp³-hybridized carbons (Fsp3) is 0.353. The highest BCUT2D eigenvalue weighted by Crippen LogP contribution is 2.36. The van der Waals surface area contributed by atoms with Crippen molar-refractivity contribution < 1.29 is 9.31 Å². The molecule has 1 aromatic carbocycles. The molecule has 22 heavy (non-hydrogen) atoms. The van der Waals surface area contributed by atoms with Crippen LogP contribution < -0.4 is 5.46 Å². The van der Waals surface area contributed by atoms with Crippen molar-refractivity contribution in [3.8, 4) is 11.1 Å². The van der Waals surface area contributed by atoms with E-state index in [1.807, 2.05) is 58.2 Å². The second kappa shape index (κ2) is 5.37. The molecule has 3 rings (SSSR count). The van der Waals surface area contributed by atoms with E-state index in [2.05, 4.69) is 11.1 Å². The minimum absolute atomic E-state index is 0.353. The molecular formula is C17H19BClNO2. The first kappa shape index (κ1) is 15.5. The van der Waals surface area contributed by atoms with E-state index in [4.69, 9.17) is 20.9 Å². The minimum Gasteiger partial charge on any atom is -0.399 e. The summed E-state index contributed by atoms with van der Waals surface area (Å²) in [5.74, 6) is 0. The molecule has 5 heteroatoms. The predicted octanol–water partition coefficient (Wildman–Crippen LogP) is 3.70. The third-order valence-electron chi connectivity index (χ3n) is 4.46. The van der Waals surface area contributed by atoms with Gasteiger partial charge in [-0.05, 0) is 51.0 Å². The van der Waals surface area contributed by atoms with Crippen LogP contribution in [-0.4, -0.2) is 23.3 Å². The lowest BCUT2D eigenvalue weighted by atomic mass is 9.79. The Hall–Kier alpha value is -1.36. The van der Waals surface area contributed by atoms with Gasteiger partial charge in [0, 0.05) is 22.9 Å². The Morgan fingerprint density at radius 2 is 1.50 bits per heavy atom. The summed E-state index contributed by atoms with van der Waals surface area (Å²) >= 11 is 5.94. The van der Waals surface area contributed by atoms with Crippen LogP contribution in [0.5, 0.6) is 0 Å². The van der Waals surface area contributed by atoms with Crippen LogP contribution in [0.4, 0.5) is 0 Å². The van der Waals surface area contributed by atoms with E-state index >= 15 is 0 Å². The molecule has 0 atom stereocenters. The van der Waals surface area contributed by atoms with Crippen molar-refractivity contribution >= 4 is 24.2 Å². The Bertz CT molecular complexity index is 669. The fourth-order valence-corrected chi connectivity index (χ4v) is 2.49. The van der Waals surface area contributed by atoms with Crippen molar-refractivity contribution in [2.75, 3.05) is 0 Å². The summed E-state index contributed by atoms with van der Waals surface area (Å²) in [5, 5.41) is 0.721. The topological polar surface area (TPSA) is 31.4 Å². The third kappa shape index (κ3) is 2.79. The summed E-state index contributed by atoms with van der Waals surface area (Å²) in [4.78, 5) is 4.33. The van der Waals surface area contributed by atoms with Gasteiger partial charge in [-0.15, -0.1) is 0 Å². The van der Waals surface area contributed by atoms with Crippen LogP contribution >= 0.6 is 11.6 Å².